The van der Waals surface area contributed by atoms with Crippen molar-refractivity contribution < 1.29 is 4.74 Å². The molecule has 0 unspecified atom stereocenters. The van der Waals surface area contributed by atoms with Gasteiger partial charge in [0, 0.05) is 39.3 Å². The van der Waals surface area contributed by atoms with Crippen LogP contribution < -0.4 is 10.6 Å². The second-order valence-electron chi connectivity index (χ2n) is 7.05. The average Bonchev–Trinajstić information content (AvgIpc) is 2.56. The normalized spacial score (nSPS) is 20.5. The fourth-order valence-electron chi connectivity index (χ4n) is 3.30. The van der Waals surface area contributed by atoms with Crippen molar-refractivity contribution in [2.75, 3.05) is 46.4 Å². The Morgan fingerprint density at radius 2 is 2.12 bits per heavy atom. The van der Waals surface area contributed by atoms with Crippen molar-refractivity contribution in [1.29, 1.82) is 0 Å². The molecule has 6 heteroatoms. The van der Waals surface area contributed by atoms with Gasteiger partial charge in [-0.1, -0.05) is 25.5 Å². The van der Waals surface area contributed by atoms with Crippen LogP contribution in [-0.4, -0.2) is 63.3 Å². The highest BCUT2D eigenvalue weighted by atomic mass is 127. The van der Waals surface area contributed by atoms with Crippen LogP contribution in [-0.2, 0) is 4.74 Å². The van der Waals surface area contributed by atoms with E-state index in [9.17, 15) is 0 Å². The van der Waals surface area contributed by atoms with E-state index in [1.165, 1.54) is 38.0 Å². The standard InChI is InChI=1S/C18H34N4O.HI/c1-15(2)14-22-10-5-17(6-11-22)21-18(19-3)20-9-4-16-7-12-23-13-8-16;/h7,15,17H,4-6,8-14H2,1-3H3,(H2,19,20,21);1H. The summed E-state index contributed by atoms with van der Waals surface area (Å²) in [6.07, 6.45) is 6.77. The molecule has 0 atom stereocenters. The highest BCUT2D eigenvalue weighted by Gasteiger charge is 2.20. The Morgan fingerprint density at radius 3 is 2.71 bits per heavy atom. The van der Waals surface area contributed by atoms with Crippen molar-refractivity contribution in [3.05, 3.63) is 11.6 Å². The van der Waals surface area contributed by atoms with E-state index in [4.69, 9.17) is 4.74 Å². The summed E-state index contributed by atoms with van der Waals surface area (Å²) in [5, 5.41) is 7.04. The third kappa shape index (κ3) is 8.16. The average molecular weight is 450 g/mol. The molecule has 5 nitrogen and oxygen atoms in total. The lowest BCUT2D eigenvalue weighted by Crippen LogP contribution is -2.49. The van der Waals surface area contributed by atoms with Gasteiger partial charge in [-0.2, -0.15) is 0 Å². The second-order valence-corrected chi connectivity index (χ2v) is 7.05. The van der Waals surface area contributed by atoms with Crippen molar-refractivity contribution in [2.24, 2.45) is 10.9 Å². The Morgan fingerprint density at radius 1 is 1.38 bits per heavy atom. The molecule has 0 amide bonds. The number of aliphatic imine (C=N–C) groups is 1. The van der Waals surface area contributed by atoms with Crippen molar-refractivity contribution in [2.45, 2.75) is 45.6 Å². The molecule has 2 heterocycles. The number of hydrogen-bond acceptors (Lipinski definition) is 3. The minimum absolute atomic E-state index is 0. The molecule has 2 N–H and O–H groups in total. The maximum Gasteiger partial charge on any atom is 0.191 e. The van der Waals surface area contributed by atoms with Gasteiger partial charge >= 0.3 is 0 Å². The first kappa shape index (κ1) is 21.7. The van der Waals surface area contributed by atoms with E-state index in [2.05, 4.69) is 40.4 Å². The van der Waals surface area contributed by atoms with Crippen molar-refractivity contribution in [3.63, 3.8) is 0 Å². The number of halogens is 1. The number of likely N-dealkylation sites (tertiary alicyclic amines) is 1. The SMILES string of the molecule is CN=C(NCCC1=CCOCC1)NC1CCN(CC(C)C)CC1.I. The van der Waals surface area contributed by atoms with Crippen molar-refractivity contribution in [1.82, 2.24) is 15.5 Å². The zero-order valence-corrected chi connectivity index (χ0v) is 17.8. The minimum atomic E-state index is 0. The van der Waals surface area contributed by atoms with Crippen molar-refractivity contribution in [3.8, 4) is 0 Å². The highest BCUT2D eigenvalue weighted by Crippen LogP contribution is 2.12. The van der Waals surface area contributed by atoms with Crippen LogP contribution in [0.15, 0.2) is 16.6 Å². The molecule has 0 saturated carbocycles. The fourth-order valence-corrected chi connectivity index (χ4v) is 3.30. The Bertz CT molecular complexity index is 404. The van der Waals surface area contributed by atoms with Crippen LogP contribution in [0.1, 0.15) is 39.5 Å². The molecule has 0 aromatic carbocycles. The Kier molecular flexibility index (Phi) is 10.9. The van der Waals surface area contributed by atoms with Gasteiger partial charge in [0.15, 0.2) is 5.96 Å². The lowest BCUT2D eigenvalue weighted by Gasteiger charge is -2.34. The van der Waals surface area contributed by atoms with Crippen LogP contribution in [0.3, 0.4) is 0 Å². The van der Waals surface area contributed by atoms with Crippen LogP contribution >= 0.6 is 24.0 Å². The first-order chi connectivity index (χ1) is 11.2. The second kappa shape index (κ2) is 12.1. The molecule has 140 valence electrons. The number of piperidine rings is 1. The van der Waals surface area contributed by atoms with E-state index in [1.54, 1.807) is 0 Å². The molecular formula is C18H35IN4O. The highest BCUT2D eigenvalue weighted by molar-refractivity contribution is 14.0. The van der Waals surface area contributed by atoms with Crippen LogP contribution in [0.4, 0.5) is 0 Å². The van der Waals surface area contributed by atoms with Crippen molar-refractivity contribution >= 4 is 29.9 Å². The first-order valence-electron chi connectivity index (χ1n) is 9.12. The maximum atomic E-state index is 5.34. The molecule has 24 heavy (non-hydrogen) atoms. The van der Waals surface area contributed by atoms with E-state index in [1.807, 2.05) is 7.05 Å². The molecule has 1 saturated heterocycles. The molecule has 0 spiro atoms. The van der Waals surface area contributed by atoms with E-state index >= 15 is 0 Å². The lowest BCUT2D eigenvalue weighted by molar-refractivity contribution is 0.153. The molecular weight excluding hydrogens is 415 g/mol. The molecule has 1 fully saturated rings. The molecule has 0 aromatic heterocycles. The smallest absolute Gasteiger partial charge is 0.191 e. The molecule has 2 rings (SSSR count). The Labute approximate surface area is 164 Å². The summed E-state index contributed by atoms with van der Waals surface area (Å²) in [5.74, 6) is 1.70. The number of hydrogen-bond donors (Lipinski definition) is 2. The monoisotopic (exact) mass is 450 g/mol. The summed E-state index contributed by atoms with van der Waals surface area (Å²) >= 11 is 0. The largest absolute Gasteiger partial charge is 0.377 e. The summed E-state index contributed by atoms with van der Waals surface area (Å²) in [6.45, 7) is 10.8. The van der Waals surface area contributed by atoms with Gasteiger partial charge in [0.2, 0.25) is 0 Å². The predicted octanol–water partition coefficient (Wildman–Crippen LogP) is 2.63. The third-order valence-electron chi connectivity index (χ3n) is 4.57. The molecule has 0 aliphatic carbocycles. The molecule has 2 aliphatic heterocycles. The number of rotatable bonds is 6. The number of guanidine groups is 1. The quantitative estimate of drug-likeness (QED) is 0.283. The fraction of sp³-hybridized carbons (Fsp3) is 0.833. The van der Waals surface area contributed by atoms with E-state index in [0.717, 1.165) is 44.5 Å². The number of nitrogens with zero attached hydrogens (tertiary/aromatic N) is 2. The van der Waals surface area contributed by atoms with Crippen LogP contribution in [0.5, 0.6) is 0 Å². The van der Waals surface area contributed by atoms with Gasteiger partial charge < -0.3 is 20.3 Å². The Hall–Kier alpha value is -0.340. The van der Waals surface area contributed by atoms with Crippen LogP contribution in [0, 0.1) is 5.92 Å². The zero-order chi connectivity index (χ0) is 16.5. The van der Waals surface area contributed by atoms with E-state index in [0.29, 0.717) is 6.04 Å². The lowest BCUT2D eigenvalue weighted by atomic mass is 10.0. The van der Waals surface area contributed by atoms with Crippen LogP contribution in [0.2, 0.25) is 0 Å². The van der Waals surface area contributed by atoms with E-state index < -0.39 is 0 Å². The topological polar surface area (TPSA) is 48.9 Å². The van der Waals surface area contributed by atoms with Gasteiger partial charge in [-0.3, -0.25) is 4.99 Å². The first-order valence-corrected chi connectivity index (χ1v) is 9.12. The molecule has 0 bridgehead atoms. The third-order valence-corrected chi connectivity index (χ3v) is 4.57. The van der Waals surface area contributed by atoms with Gasteiger partial charge in [-0.15, -0.1) is 24.0 Å². The summed E-state index contributed by atoms with van der Waals surface area (Å²) in [7, 11) is 1.86. The summed E-state index contributed by atoms with van der Waals surface area (Å²) in [6, 6.07) is 0.548. The molecule has 2 aliphatic rings. The maximum absolute atomic E-state index is 5.34. The Balaban J connectivity index is 0.00000288. The zero-order valence-electron chi connectivity index (χ0n) is 15.5. The van der Waals surface area contributed by atoms with Gasteiger partial charge in [0.05, 0.1) is 13.2 Å². The number of ether oxygens (including phenoxy) is 1. The van der Waals surface area contributed by atoms with Gasteiger partial charge in [0.25, 0.3) is 0 Å². The van der Waals surface area contributed by atoms with Gasteiger partial charge in [-0.25, -0.2) is 0 Å². The molecule has 0 radical (unpaired) electrons. The summed E-state index contributed by atoms with van der Waals surface area (Å²) in [4.78, 5) is 6.95. The van der Waals surface area contributed by atoms with Crippen LogP contribution in [0.25, 0.3) is 0 Å². The molecule has 0 aromatic rings. The van der Waals surface area contributed by atoms with Gasteiger partial charge in [-0.05, 0) is 31.6 Å². The number of nitrogens with one attached hydrogen (secondary N) is 2. The van der Waals surface area contributed by atoms with Gasteiger partial charge in [0.1, 0.15) is 0 Å². The summed E-state index contributed by atoms with van der Waals surface area (Å²) < 4.78 is 5.34. The van der Waals surface area contributed by atoms with E-state index in [-0.39, 0.29) is 24.0 Å². The predicted molar refractivity (Wildman–Crippen MR) is 112 cm³/mol. The summed E-state index contributed by atoms with van der Waals surface area (Å²) in [5.41, 5.74) is 1.50. The minimum Gasteiger partial charge on any atom is -0.377 e.